The summed E-state index contributed by atoms with van der Waals surface area (Å²) in [6.07, 6.45) is 20.2. The molecule has 1 unspecified atom stereocenters. The Morgan fingerprint density at radius 1 is 0.846 bits per heavy atom. The maximum absolute atomic E-state index is 10.7. The number of hydrogen-bond donors (Lipinski definition) is 1. The minimum atomic E-state index is -0.301. The van der Waals surface area contributed by atoms with Crippen molar-refractivity contribution in [1.29, 1.82) is 0 Å². The average Bonchev–Trinajstić information content (AvgIpc) is 2.67. The van der Waals surface area contributed by atoms with Crippen LogP contribution in [0.2, 0.25) is 0 Å². The molecule has 1 N–H and O–H groups in total. The summed E-state index contributed by atoms with van der Waals surface area (Å²) in [4.78, 5) is 10.7. The van der Waals surface area contributed by atoms with Crippen molar-refractivity contribution in [2.75, 3.05) is 0 Å². The van der Waals surface area contributed by atoms with Gasteiger partial charge in [-0.15, -0.1) is 13.2 Å². The van der Waals surface area contributed by atoms with E-state index < -0.39 is 0 Å². The Balaban J connectivity index is -0.000000319. The summed E-state index contributed by atoms with van der Waals surface area (Å²) in [6, 6.07) is 0. The first-order valence-electron chi connectivity index (χ1n) is 10.6. The highest BCUT2D eigenvalue weighted by Gasteiger charge is 1.94. The van der Waals surface area contributed by atoms with Gasteiger partial charge in [0.15, 0.2) is 5.78 Å². The lowest BCUT2D eigenvalue weighted by Crippen LogP contribution is -1.95. The van der Waals surface area contributed by atoms with Crippen LogP contribution in [0.3, 0.4) is 0 Å². The van der Waals surface area contributed by atoms with Crippen LogP contribution >= 0.6 is 0 Å². The number of carbonyl (C=O) groups excluding carboxylic acids is 1. The van der Waals surface area contributed by atoms with E-state index in [1.54, 1.807) is 0 Å². The van der Waals surface area contributed by atoms with Crippen LogP contribution in [0.25, 0.3) is 0 Å². The molecule has 0 amide bonds. The molecule has 26 heavy (non-hydrogen) atoms. The average molecular weight is 367 g/mol. The fourth-order valence-corrected chi connectivity index (χ4v) is 2.06. The summed E-state index contributed by atoms with van der Waals surface area (Å²) in [5.74, 6) is 0.182. The molecular formula is C24H46O2. The molecule has 154 valence electrons. The number of unbranched alkanes of at least 4 members (excludes halogenated alkanes) is 9. The topological polar surface area (TPSA) is 37.3 Å². The van der Waals surface area contributed by atoms with Crippen molar-refractivity contribution in [3.63, 3.8) is 0 Å². The van der Waals surface area contributed by atoms with Crippen molar-refractivity contribution in [2.45, 2.75) is 110 Å². The van der Waals surface area contributed by atoms with Crippen LogP contribution in [0.1, 0.15) is 104 Å². The van der Waals surface area contributed by atoms with Crippen molar-refractivity contribution in [1.82, 2.24) is 0 Å². The first-order chi connectivity index (χ1) is 12.5. The monoisotopic (exact) mass is 366 g/mol. The second-order valence-corrected chi connectivity index (χ2v) is 6.54. The molecule has 2 nitrogen and oxygen atoms in total. The minimum Gasteiger partial charge on any atom is -0.389 e. The number of aliphatic hydroxyl groups is 1. The highest BCUT2D eigenvalue weighted by atomic mass is 16.3. The van der Waals surface area contributed by atoms with Crippen molar-refractivity contribution in [3.05, 3.63) is 38.0 Å². The molecule has 2 heteroatoms. The Labute approximate surface area is 164 Å². The zero-order chi connectivity index (χ0) is 20.5. The molecule has 0 aromatic rings. The van der Waals surface area contributed by atoms with E-state index in [2.05, 4.69) is 33.6 Å². The third kappa shape index (κ3) is 34.2. The van der Waals surface area contributed by atoms with Crippen LogP contribution in [0.15, 0.2) is 38.0 Å². The van der Waals surface area contributed by atoms with Crippen LogP contribution in [0.4, 0.5) is 0 Å². The van der Waals surface area contributed by atoms with E-state index in [9.17, 15) is 4.79 Å². The fraction of sp³-hybridized carbons (Fsp3) is 0.708. The first-order valence-corrected chi connectivity index (χ1v) is 10.6. The molecule has 0 aromatic carbocycles. The normalized spacial score (nSPS) is 10.5. The van der Waals surface area contributed by atoms with Crippen LogP contribution in [-0.4, -0.2) is 17.0 Å². The molecule has 0 saturated heterocycles. The minimum absolute atomic E-state index is 0.182. The van der Waals surface area contributed by atoms with E-state index in [4.69, 9.17) is 5.11 Å². The Kier molecular flexibility index (Phi) is 32.6. The van der Waals surface area contributed by atoms with Crippen molar-refractivity contribution < 1.29 is 9.90 Å². The van der Waals surface area contributed by atoms with E-state index in [-0.39, 0.29) is 11.9 Å². The maximum atomic E-state index is 10.7. The maximum Gasteiger partial charge on any atom is 0.155 e. The van der Waals surface area contributed by atoms with E-state index in [1.807, 2.05) is 13.0 Å². The van der Waals surface area contributed by atoms with Gasteiger partial charge in [0.2, 0.25) is 0 Å². The van der Waals surface area contributed by atoms with Gasteiger partial charge in [0.25, 0.3) is 0 Å². The Morgan fingerprint density at radius 2 is 1.35 bits per heavy atom. The zero-order valence-corrected chi connectivity index (χ0v) is 18.0. The fourth-order valence-electron chi connectivity index (χ4n) is 2.06. The van der Waals surface area contributed by atoms with Gasteiger partial charge >= 0.3 is 0 Å². The highest BCUT2D eigenvalue weighted by molar-refractivity contribution is 5.88. The number of rotatable bonds is 15. The number of allylic oxidation sites excluding steroid dienone is 2. The summed E-state index contributed by atoms with van der Waals surface area (Å²) in [6.45, 7) is 16.8. The van der Waals surface area contributed by atoms with Gasteiger partial charge < -0.3 is 5.11 Å². The van der Waals surface area contributed by atoms with Crippen molar-refractivity contribution in [3.8, 4) is 0 Å². The van der Waals surface area contributed by atoms with E-state index in [1.165, 1.54) is 76.4 Å². The molecule has 0 heterocycles. The van der Waals surface area contributed by atoms with Gasteiger partial charge in [0.05, 0.1) is 6.10 Å². The molecule has 0 radical (unpaired) electrons. The lowest BCUT2D eigenvalue weighted by Gasteiger charge is -1.96. The predicted octanol–water partition coefficient (Wildman–Crippen LogP) is 7.58. The molecule has 0 bridgehead atoms. The van der Waals surface area contributed by atoms with Gasteiger partial charge in [-0.25, -0.2) is 0 Å². The molecule has 0 aliphatic rings. The first kappa shape index (κ1) is 29.6. The van der Waals surface area contributed by atoms with Gasteiger partial charge in [-0.05, 0) is 31.8 Å². The van der Waals surface area contributed by atoms with Gasteiger partial charge in [0.1, 0.15) is 0 Å². The SMILES string of the molecule is C=CC(=O)CCCCCCC.C=CC(O)CC.C=CCCCCCCC. The van der Waals surface area contributed by atoms with Crippen LogP contribution in [0.5, 0.6) is 0 Å². The molecule has 0 aliphatic heterocycles. The van der Waals surface area contributed by atoms with Crippen LogP contribution < -0.4 is 0 Å². The second-order valence-electron chi connectivity index (χ2n) is 6.54. The largest absolute Gasteiger partial charge is 0.389 e. The van der Waals surface area contributed by atoms with Crippen LogP contribution in [-0.2, 0) is 4.79 Å². The van der Waals surface area contributed by atoms with Gasteiger partial charge in [-0.2, -0.15) is 0 Å². The summed E-state index contributed by atoms with van der Waals surface area (Å²) < 4.78 is 0. The van der Waals surface area contributed by atoms with Gasteiger partial charge in [0, 0.05) is 6.42 Å². The Morgan fingerprint density at radius 3 is 1.69 bits per heavy atom. The summed E-state index contributed by atoms with van der Waals surface area (Å²) in [5, 5.41) is 8.55. The second kappa shape index (κ2) is 28.6. The number of ketones is 1. The number of aliphatic hydroxyl groups excluding tert-OH is 1. The molecule has 0 aromatic heterocycles. The molecule has 0 fully saturated rings. The van der Waals surface area contributed by atoms with Gasteiger partial charge in [-0.3, -0.25) is 4.79 Å². The van der Waals surface area contributed by atoms with E-state index >= 15 is 0 Å². The van der Waals surface area contributed by atoms with E-state index in [0.29, 0.717) is 6.42 Å². The smallest absolute Gasteiger partial charge is 0.155 e. The predicted molar refractivity (Wildman–Crippen MR) is 119 cm³/mol. The zero-order valence-electron chi connectivity index (χ0n) is 18.0. The molecule has 1 atom stereocenters. The highest BCUT2D eigenvalue weighted by Crippen LogP contribution is 2.05. The number of hydrogen-bond acceptors (Lipinski definition) is 2. The standard InChI is InChI=1S/C10H18O.C9H18.C5H10O/c1-3-5-6-7-8-9-10(11)4-2;1-3-5-7-9-8-6-4-2;1-3-5(6)4-2/h4H,2-3,5-9H2,1H3;3H,1,4-9H2,2H3;3,5-6H,1,4H2,2H3. The lowest BCUT2D eigenvalue weighted by molar-refractivity contribution is -0.114. The summed E-state index contributed by atoms with van der Waals surface area (Å²) in [7, 11) is 0. The Hall–Kier alpha value is -1.15. The van der Waals surface area contributed by atoms with Gasteiger partial charge in [-0.1, -0.05) is 90.9 Å². The van der Waals surface area contributed by atoms with Crippen LogP contribution in [0, 0.1) is 0 Å². The Bertz CT molecular complexity index is 307. The third-order valence-electron chi connectivity index (χ3n) is 3.96. The molecule has 0 saturated carbocycles. The molecule has 0 spiro atoms. The summed E-state index contributed by atoms with van der Waals surface area (Å²) in [5.41, 5.74) is 0. The molecule has 0 aliphatic carbocycles. The van der Waals surface area contributed by atoms with Crippen molar-refractivity contribution in [2.24, 2.45) is 0 Å². The third-order valence-corrected chi connectivity index (χ3v) is 3.96. The number of carbonyl (C=O) groups is 1. The summed E-state index contributed by atoms with van der Waals surface area (Å²) >= 11 is 0. The molecule has 0 rings (SSSR count). The molecular weight excluding hydrogens is 320 g/mol. The van der Waals surface area contributed by atoms with E-state index in [0.717, 1.165) is 12.8 Å². The van der Waals surface area contributed by atoms with Crippen molar-refractivity contribution >= 4 is 5.78 Å². The quantitative estimate of drug-likeness (QED) is 0.184. The lowest BCUT2D eigenvalue weighted by atomic mass is 10.1.